The molecule has 0 atom stereocenters. The average Bonchev–Trinajstić information content (AvgIpc) is 3.01. The molecular formula is C13H15ClN4OS. The molecule has 2 bridgehead atoms. The van der Waals surface area contributed by atoms with Gasteiger partial charge in [-0.1, -0.05) is 16.7 Å². The Balaban J connectivity index is 1.61. The molecule has 2 aromatic rings. The van der Waals surface area contributed by atoms with Gasteiger partial charge in [0.05, 0.1) is 9.21 Å². The first kappa shape index (κ1) is 12.6. The van der Waals surface area contributed by atoms with Gasteiger partial charge in [0.15, 0.2) is 0 Å². The molecule has 106 valence electrons. The lowest BCUT2D eigenvalue weighted by atomic mass is 10.1. The molecule has 5 nitrogen and oxygen atoms in total. The second-order valence-electron chi connectivity index (χ2n) is 5.26. The SMILES string of the molecule is Clc1ccc(-c2nnc(N3CCN4CCC3CC4)o2)s1. The predicted octanol–water partition coefficient (Wildman–Crippen LogP) is 2.74. The third kappa shape index (κ3) is 2.21. The van der Waals surface area contributed by atoms with Crippen LogP contribution in [0.25, 0.3) is 10.8 Å². The second-order valence-corrected chi connectivity index (χ2v) is 6.97. The van der Waals surface area contributed by atoms with Gasteiger partial charge in [0.2, 0.25) is 0 Å². The molecular weight excluding hydrogens is 296 g/mol. The summed E-state index contributed by atoms with van der Waals surface area (Å²) in [5.74, 6) is 0.566. The van der Waals surface area contributed by atoms with Crippen LogP contribution in [0.4, 0.5) is 6.01 Å². The number of aromatic nitrogens is 2. The van der Waals surface area contributed by atoms with Gasteiger partial charge in [-0.05, 0) is 25.0 Å². The highest BCUT2D eigenvalue weighted by Gasteiger charge is 2.31. The fraction of sp³-hybridized carbons (Fsp3) is 0.538. The lowest BCUT2D eigenvalue weighted by Crippen LogP contribution is -2.38. The van der Waals surface area contributed by atoms with Crippen molar-refractivity contribution in [2.75, 3.05) is 31.1 Å². The minimum absolute atomic E-state index is 0.536. The third-order valence-electron chi connectivity index (χ3n) is 4.10. The molecule has 0 aliphatic carbocycles. The van der Waals surface area contributed by atoms with Gasteiger partial charge in [-0.3, -0.25) is 0 Å². The molecule has 3 fully saturated rings. The average molecular weight is 311 g/mol. The van der Waals surface area contributed by atoms with Gasteiger partial charge in [-0.15, -0.1) is 16.4 Å². The number of hydrogen-bond donors (Lipinski definition) is 0. The summed E-state index contributed by atoms with van der Waals surface area (Å²) in [5, 5.41) is 8.41. The molecule has 20 heavy (non-hydrogen) atoms. The quantitative estimate of drug-likeness (QED) is 0.853. The van der Waals surface area contributed by atoms with Crippen LogP contribution in [0.2, 0.25) is 4.34 Å². The van der Waals surface area contributed by atoms with Crippen LogP contribution in [0.3, 0.4) is 0 Å². The molecule has 5 heterocycles. The second kappa shape index (κ2) is 5.02. The van der Waals surface area contributed by atoms with Crippen molar-refractivity contribution in [1.29, 1.82) is 0 Å². The molecule has 2 aromatic heterocycles. The third-order valence-corrected chi connectivity index (χ3v) is 5.32. The largest absolute Gasteiger partial charge is 0.402 e. The van der Waals surface area contributed by atoms with Crippen LogP contribution in [-0.2, 0) is 0 Å². The van der Waals surface area contributed by atoms with E-state index < -0.39 is 0 Å². The minimum Gasteiger partial charge on any atom is -0.402 e. The van der Waals surface area contributed by atoms with E-state index in [2.05, 4.69) is 20.0 Å². The zero-order valence-electron chi connectivity index (χ0n) is 11.0. The summed E-state index contributed by atoms with van der Waals surface area (Å²) in [6.07, 6.45) is 2.37. The van der Waals surface area contributed by atoms with E-state index in [4.69, 9.17) is 16.0 Å². The molecule has 3 aliphatic rings. The van der Waals surface area contributed by atoms with E-state index in [0.717, 1.165) is 22.3 Å². The zero-order valence-corrected chi connectivity index (χ0v) is 12.5. The van der Waals surface area contributed by atoms with E-state index in [0.29, 0.717) is 17.9 Å². The van der Waals surface area contributed by atoms with E-state index in [1.54, 1.807) is 0 Å². The molecule has 3 saturated heterocycles. The summed E-state index contributed by atoms with van der Waals surface area (Å²) in [6, 6.07) is 4.96. The molecule has 7 heteroatoms. The highest BCUT2D eigenvalue weighted by atomic mass is 35.5. The van der Waals surface area contributed by atoms with Crippen LogP contribution in [0, 0.1) is 0 Å². The maximum atomic E-state index is 5.95. The number of thiophene rings is 1. The monoisotopic (exact) mass is 310 g/mol. The van der Waals surface area contributed by atoms with Crippen molar-refractivity contribution in [2.45, 2.75) is 18.9 Å². The summed E-state index contributed by atoms with van der Waals surface area (Å²) in [7, 11) is 0. The number of halogens is 1. The maximum absolute atomic E-state index is 5.95. The zero-order chi connectivity index (χ0) is 13.5. The van der Waals surface area contributed by atoms with Crippen LogP contribution >= 0.6 is 22.9 Å². The van der Waals surface area contributed by atoms with Crippen molar-refractivity contribution >= 4 is 29.0 Å². The minimum atomic E-state index is 0.536. The summed E-state index contributed by atoms with van der Waals surface area (Å²) in [5.41, 5.74) is 0. The molecule has 0 aromatic carbocycles. The van der Waals surface area contributed by atoms with Gasteiger partial charge in [-0.2, -0.15) is 0 Å². The molecule has 0 unspecified atom stereocenters. The smallest absolute Gasteiger partial charge is 0.318 e. The van der Waals surface area contributed by atoms with Gasteiger partial charge >= 0.3 is 6.01 Å². The number of rotatable bonds is 2. The van der Waals surface area contributed by atoms with E-state index >= 15 is 0 Å². The van der Waals surface area contributed by atoms with E-state index in [1.165, 1.54) is 37.3 Å². The lowest BCUT2D eigenvalue weighted by molar-refractivity contribution is 0.249. The Labute approximate surface area is 126 Å². The number of fused-ring (bicyclic) bond motifs is 4. The van der Waals surface area contributed by atoms with Crippen molar-refractivity contribution in [3.8, 4) is 10.8 Å². The Morgan fingerprint density at radius 2 is 2.00 bits per heavy atom. The van der Waals surface area contributed by atoms with Crippen molar-refractivity contribution in [1.82, 2.24) is 15.1 Å². The molecule has 0 amide bonds. The Morgan fingerprint density at radius 3 is 2.75 bits per heavy atom. The van der Waals surface area contributed by atoms with Crippen LogP contribution < -0.4 is 4.90 Å². The number of piperidine rings is 1. The molecule has 0 spiro atoms. The standard InChI is InChI=1S/C13H15ClN4OS/c14-11-2-1-10(20-11)12-15-16-13(19-12)18-8-7-17-5-3-9(18)4-6-17/h1-2,9H,3-8H2. The van der Waals surface area contributed by atoms with E-state index in [1.807, 2.05) is 12.1 Å². The number of hydrogen-bond acceptors (Lipinski definition) is 6. The van der Waals surface area contributed by atoms with Crippen LogP contribution in [0.15, 0.2) is 16.5 Å². The van der Waals surface area contributed by atoms with Crippen molar-refractivity contribution in [3.63, 3.8) is 0 Å². The maximum Gasteiger partial charge on any atom is 0.318 e. The Kier molecular flexibility index (Phi) is 3.17. The van der Waals surface area contributed by atoms with Crippen molar-refractivity contribution in [3.05, 3.63) is 16.5 Å². The highest BCUT2D eigenvalue weighted by molar-refractivity contribution is 7.19. The van der Waals surface area contributed by atoms with Crippen molar-refractivity contribution in [2.24, 2.45) is 0 Å². The van der Waals surface area contributed by atoms with Gasteiger partial charge in [0.1, 0.15) is 0 Å². The summed E-state index contributed by atoms with van der Waals surface area (Å²) >= 11 is 7.41. The Bertz CT molecular complexity index is 605. The first-order chi connectivity index (χ1) is 9.79. The first-order valence-corrected chi connectivity index (χ1v) is 8.07. The molecule has 5 rings (SSSR count). The van der Waals surface area contributed by atoms with Crippen LogP contribution in [0.1, 0.15) is 12.8 Å². The fourth-order valence-electron chi connectivity index (χ4n) is 3.00. The van der Waals surface area contributed by atoms with E-state index in [-0.39, 0.29) is 0 Å². The van der Waals surface area contributed by atoms with Gasteiger partial charge in [0.25, 0.3) is 5.89 Å². The Hall–Kier alpha value is -1.11. The lowest BCUT2D eigenvalue weighted by Gasteiger charge is -2.29. The highest BCUT2D eigenvalue weighted by Crippen LogP contribution is 2.33. The molecule has 0 radical (unpaired) electrons. The predicted molar refractivity (Wildman–Crippen MR) is 79.4 cm³/mol. The number of anilines is 1. The summed E-state index contributed by atoms with van der Waals surface area (Å²) in [6.45, 7) is 4.42. The molecule has 0 saturated carbocycles. The molecule has 0 N–H and O–H groups in total. The number of nitrogens with zero attached hydrogens (tertiary/aromatic N) is 4. The molecule has 3 aliphatic heterocycles. The van der Waals surface area contributed by atoms with Gasteiger partial charge in [0, 0.05) is 32.2 Å². The summed E-state index contributed by atoms with van der Waals surface area (Å²) < 4.78 is 6.60. The van der Waals surface area contributed by atoms with Crippen LogP contribution in [-0.4, -0.2) is 47.3 Å². The summed E-state index contributed by atoms with van der Waals surface area (Å²) in [4.78, 5) is 5.71. The first-order valence-electron chi connectivity index (χ1n) is 6.88. The van der Waals surface area contributed by atoms with Crippen LogP contribution in [0.5, 0.6) is 0 Å². The van der Waals surface area contributed by atoms with E-state index in [9.17, 15) is 0 Å². The fourth-order valence-corrected chi connectivity index (χ4v) is 3.96. The van der Waals surface area contributed by atoms with Gasteiger partial charge in [-0.25, -0.2) is 0 Å². The Morgan fingerprint density at radius 1 is 1.15 bits per heavy atom. The topological polar surface area (TPSA) is 45.4 Å². The van der Waals surface area contributed by atoms with Crippen molar-refractivity contribution < 1.29 is 4.42 Å². The van der Waals surface area contributed by atoms with Gasteiger partial charge < -0.3 is 14.2 Å². The normalized spacial score (nSPS) is 25.9.